The van der Waals surface area contributed by atoms with Crippen LogP contribution in [0.1, 0.15) is 30.0 Å². The van der Waals surface area contributed by atoms with Gasteiger partial charge in [0, 0.05) is 22.3 Å². The summed E-state index contributed by atoms with van der Waals surface area (Å²) in [5.41, 5.74) is 2.10. The first kappa shape index (κ1) is 25.2. The molecular weight excluding hydrogens is 496 g/mol. The Hall–Kier alpha value is -4.43. The Morgan fingerprint density at radius 2 is 1.61 bits per heavy atom. The second-order valence-corrected chi connectivity index (χ2v) is 10.0. The van der Waals surface area contributed by atoms with Gasteiger partial charge in [0.2, 0.25) is 5.91 Å². The fourth-order valence-electron chi connectivity index (χ4n) is 4.01. The van der Waals surface area contributed by atoms with Crippen molar-refractivity contribution >= 4 is 39.9 Å². The van der Waals surface area contributed by atoms with E-state index in [1.165, 1.54) is 18.7 Å². The molecule has 0 spiro atoms. The van der Waals surface area contributed by atoms with E-state index in [-0.39, 0.29) is 18.3 Å². The van der Waals surface area contributed by atoms with E-state index < -0.39 is 5.25 Å². The van der Waals surface area contributed by atoms with E-state index >= 15 is 0 Å². The molecule has 7 nitrogen and oxygen atoms in total. The Kier molecular flexibility index (Phi) is 7.51. The van der Waals surface area contributed by atoms with E-state index in [4.69, 9.17) is 4.74 Å². The summed E-state index contributed by atoms with van der Waals surface area (Å²) in [5.74, 6) is 1.19. The third-order valence-corrected chi connectivity index (χ3v) is 7.07. The van der Waals surface area contributed by atoms with Gasteiger partial charge in [0.05, 0.1) is 5.25 Å². The average molecular weight is 523 g/mol. The van der Waals surface area contributed by atoms with Crippen LogP contribution >= 0.6 is 11.8 Å². The van der Waals surface area contributed by atoms with Gasteiger partial charge in [-0.15, -0.1) is 10.2 Å². The number of Topliss-reactive ketones (excluding diaryl/α,β-unsaturated/α-hetero) is 1. The number of nitrogens with one attached hydrogen (secondary N) is 1. The van der Waals surface area contributed by atoms with Crippen LogP contribution in [0.25, 0.3) is 16.5 Å². The van der Waals surface area contributed by atoms with Crippen LogP contribution in [0.3, 0.4) is 0 Å². The van der Waals surface area contributed by atoms with Gasteiger partial charge in [0.1, 0.15) is 12.4 Å². The van der Waals surface area contributed by atoms with Crippen LogP contribution in [0, 0.1) is 0 Å². The normalized spacial score (nSPS) is 11.7. The smallest absolute Gasteiger partial charge is 0.237 e. The van der Waals surface area contributed by atoms with E-state index in [0.29, 0.717) is 22.2 Å². The van der Waals surface area contributed by atoms with Crippen LogP contribution < -0.4 is 10.1 Å². The third kappa shape index (κ3) is 5.60. The van der Waals surface area contributed by atoms with Crippen LogP contribution in [-0.2, 0) is 11.4 Å². The number of ether oxygens (including phenoxy) is 1. The van der Waals surface area contributed by atoms with Crippen LogP contribution in [0.5, 0.6) is 5.75 Å². The fraction of sp³-hybridized carbons (Fsp3) is 0.133. The zero-order chi connectivity index (χ0) is 26.5. The summed E-state index contributed by atoms with van der Waals surface area (Å²) in [6.07, 6.45) is 0. The molecule has 8 heteroatoms. The molecule has 38 heavy (non-hydrogen) atoms. The fourth-order valence-corrected chi connectivity index (χ4v) is 4.90. The molecule has 1 N–H and O–H groups in total. The molecule has 0 aliphatic rings. The highest BCUT2D eigenvalue weighted by Crippen LogP contribution is 2.29. The van der Waals surface area contributed by atoms with Gasteiger partial charge < -0.3 is 10.1 Å². The summed E-state index contributed by atoms with van der Waals surface area (Å²) in [6, 6.07) is 30.6. The van der Waals surface area contributed by atoms with Crippen molar-refractivity contribution in [1.82, 2.24) is 14.8 Å². The number of nitrogens with zero attached hydrogens (tertiary/aromatic N) is 3. The Bertz CT molecular complexity index is 1580. The van der Waals surface area contributed by atoms with E-state index in [0.717, 1.165) is 22.2 Å². The molecule has 4 aromatic carbocycles. The van der Waals surface area contributed by atoms with Crippen LogP contribution in [0.2, 0.25) is 0 Å². The number of anilines is 1. The number of rotatable bonds is 9. The molecule has 0 saturated carbocycles. The van der Waals surface area contributed by atoms with Gasteiger partial charge in [-0.1, -0.05) is 66.4 Å². The molecule has 0 aliphatic heterocycles. The minimum atomic E-state index is -0.457. The van der Waals surface area contributed by atoms with E-state index in [1.807, 2.05) is 84.3 Å². The number of hydrogen-bond acceptors (Lipinski definition) is 6. The molecule has 5 aromatic rings. The lowest BCUT2D eigenvalue weighted by Crippen LogP contribution is -2.23. The maximum Gasteiger partial charge on any atom is 0.237 e. The minimum Gasteiger partial charge on any atom is -0.485 e. The van der Waals surface area contributed by atoms with Crippen molar-refractivity contribution in [2.45, 2.75) is 30.9 Å². The highest BCUT2D eigenvalue weighted by molar-refractivity contribution is 8.00. The number of hydrogen-bond donors (Lipinski definition) is 1. The SMILES string of the molecule is CC(=O)c1ccc(NC(=O)[C@@H](C)Sc2nnc(COc3cccc4ccccc34)n2-c2ccccc2)cc1. The second-order valence-electron chi connectivity index (χ2n) is 8.72. The van der Waals surface area contributed by atoms with Crippen molar-refractivity contribution in [2.24, 2.45) is 0 Å². The zero-order valence-corrected chi connectivity index (χ0v) is 21.8. The summed E-state index contributed by atoms with van der Waals surface area (Å²) in [6.45, 7) is 3.54. The summed E-state index contributed by atoms with van der Waals surface area (Å²) in [7, 11) is 0. The maximum atomic E-state index is 12.9. The molecule has 5 rings (SSSR count). The predicted octanol–water partition coefficient (Wildman–Crippen LogP) is 6.32. The maximum absolute atomic E-state index is 12.9. The number of carbonyl (C=O) groups is 2. The van der Waals surface area contributed by atoms with E-state index in [1.54, 1.807) is 24.3 Å². The summed E-state index contributed by atoms with van der Waals surface area (Å²) in [5, 5.41) is 14.0. The van der Waals surface area contributed by atoms with Crippen molar-refractivity contribution in [1.29, 1.82) is 0 Å². The number of ketones is 1. The molecule has 0 aliphatic carbocycles. The van der Waals surface area contributed by atoms with Gasteiger partial charge in [-0.05, 0) is 61.7 Å². The third-order valence-electron chi connectivity index (χ3n) is 6.03. The standard InChI is InChI=1S/C30H26N4O3S/c1-20(35)22-15-17-24(18-16-22)31-29(36)21(2)38-30-33-32-28(34(30)25-11-4-3-5-12-25)19-37-27-14-8-10-23-9-6-7-13-26(23)27/h3-18,21H,19H2,1-2H3,(H,31,36)/t21-/m1/s1. The van der Waals surface area contributed by atoms with Gasteiger partial charge in [0.25, 0.3) is 0 Å². The molecular formula is C30H26N4O3S. The first-order valence-corrected chi connectivity index (χ1v) is 13.1. The average Bonchev–Trinajstić information content (AvgIpc) is 3.34. The first-order chi connectivity index (χ1) is 18.5. The molecule has 190 valence electrons. The monoisotopic (exact) mass is 522 g/mol. The highest BCUT2D eigenvalue weighted by atomic mass is 32.2. The number of aromatic nitrogens is 3. The summed E-state index contributed by atoms with van der Waals surface area (Å²) >= 11 is 1.31. The Morgan fingerprint density at radius 1 is 0.895 bits per heavy atom. The van der Waals surface area contributed by atoms with Gasteiger partial charge >= 0.3 is 0 Å². The van der Waals surface area contributed by atoms with Crippen molar-refractivity contribution in [3.8, 4) is 11.4 Å². The summed E-state index contributed by atoms with van der Waals surface area (Å²) in [4.78, 5) is 24.5. The van der Waals surface area contributed by atoms with Gasteiger partial charge in [0.15, 0.2) is 16.8 Å². The quantitative estimate of drug-likeness (QED) is 0.180. The van der Waals surface area contributed by atoms with Crippen LogP contribution in [-0.4, -0.2) is 31.7 Å². The lowest BCUT2D eigenvalue weighted by atomic mass is 10.1. The van der Waals surface area contributed by atoms with Crippen LogP contribution in [0.4, 0.5) is 5.69 Å². The molecule has 1 amide bonds. The molecule has 0 fully saturated rings. The lowest BCUT2D eigenvalue weighted by molar-refractivity contribution is -0.115. The largest absolute Gasteiger partial charge is 0.485 e. The molecule has 0 saturated heterocycles. The molecule has 1 heterocycles. The van der Waals surface area contributed by atoms with E-state index in [9.17, 15) is 9.59 Å². The molecule has 0 unspecified atom stereocenters. The number of carbonyl (C=O) groups excluding carboxylic acids is 2. The number of thioether (sulfide) groups is 1. The second kappa shape index (κ2) is 11.3. The molecule has 0 bridgehead atoms. The Morgan fingerprint density at radius 3 is 2.37 bits per heavy atom. The molecule has 1 aromatic heterocycles. The number of amides is 1. The summed E-state index contributed by atoms with van der Waals surface area (Å²) < 4.78 is 8.12. The highest BCUT2D eigenvalue weighted by Gasteiger charge is 2.22. The number of para-hydroxylation sites is 1. The Labute approximate surface area is 224 Å². The number of benzene rings is 4. The lowest BCUT2D eigenvalue weighted by Gasteiger charge is -2.15. The molecule has 1 atom stereocenters. The topological polar surface area (TPSA) is 86.1 Å². The van der Waals surface area contributed by atoms with Gasteiger partial charge in [-0.25, -0.2) is 0 Å². The van der Waals surface area contributed by atoms with Crippen LogP contribution in [0.15, 0.2) is 102 Å². The number of fused-ring (bicyclic) bond motifs is 1. The van der Waals surface area contributed by atoms with Gasteiger partial charge in [-0.2, -0.15) is 0 Å². The van der Waals surface area contributed by atoms with Crippen molar-refractivity contribution in [3.05, 3.63) is 108 Å². The minimum absolute atomic E-state index is 0.0210. The van der Waals surface area contributed by atoms with Crippen molar-refractivity contribution in [3.63, 3.8) is 0 Å². The van der Waals surface area contributed by atoms with Crippen molar-refractivity contribution < 1.29 is 14.3 Å². The van der Waals surface area contributed by atoms with E-state index in [2.05, 4.69) is 15.5 Å². The van der Waals surface area contributed by atoms with Gasteiger partial charge in [-0.3, -0.25) is 14.2 Å². The predicted molar refractivity (Wildman–Crippen MR) is 150 cm³/mol. The molecule has 0 radical (unpaired) electrons. The Balaban J connectivity index is 1.35. The first-order valence-electron chi connectivity index (χ1n) is 12.2. The van der Waals surface area contributed by atoms with Crippen molar-refractivity contribution in [2.75, 3.05) is 5.32 Å². The zero-order valence-electron chi connectivity index (χ0n) is 21.0.